The normalized spacial score (nSPS) is 10.1. The predicted molar refractivity (Wildman–Crippen MR) is 109 cm³/mol. The van der Waals surface area contributed by atoms with Gasteiger partial charge in [-0.25, -0.2) is 0 Å². The number of carbonyl (C=O) groups is 2. The molecule has 2 rings (SSSR count). The van der Waals surface area contributed by atoms with Gasteiger partial charge in [0.1, 0.15) is 5.75 Å². The van der Waals surface area contributed by atoms with Gasteiger partial charge >= 0.3 is 0 Å². The number of nitrogens with one attached hydrogen (secondary N) is 3. The molecule has 6 nitrogen and oxygen atoms in total. The average molecular weight is 369 g/mol. The van der Waals surface area contributed by atoms with E-state index >= 15 is 0 Å². The van der Waals surface area contributed by atoms with Gasteiger partial charge < -0.3 is 20.7 Å². The second-order valence-electron chi connectivity index (χ2n) is 6.15. The molecule has 0 aromatic heterocycles. The van der Waals surface area contributed by atoms with Crippen LogP contribution in [0.2, 0.25) is 0 Å². The number of amides is 2. The highest BCUT2D eigenvalue weighted by molar-refractivity contribution is 5.94. The third-order valence-corrected chi connectivity index (χ3v) is 3.71. The minimum Gasteiger partial charge on any atom is -0.494 e. The van der Waals surface area contributed by atoms with E-state index in [2.05, 4.69) is 22.9 Å². The van der Waals surface area contributed by atoms with Gasteiger partial charge in [0.15, 0.2) is 0 Å². The van der Waals surface area contributed by atoms with Gasteiger partial charge in [0.25, 0.3) is 0 Å². The van der Waals surface area contributed by atoms with Crippen LogP contribution >= 0.6 is 0 Å². The molecule has 144 valence electrons. The van der Waals surface area contributed by atoms with E-state index in [4.69, 9.17) is 4.74 Å². The molecular weight excluding hydrogens is 342 g/mol. The van der Waals surface area contributed by atoms with Gasteiger partial charge in [-0.3, -0.25) is 9.59 Å². The molecule has 3 N–H and O–H groups in total. The van der Waals surface area contributed by atoms with Crippen molar-refractivity contribution in [3.63, 3.8) is 0 Å². The molecule has 0 saturated carbocycles. The van der Waals surface area contributed by atoms with Crippen LogP contribution in [-0.4, -0.2) is 25.0 Å². The maximum Gasteiger partial charge on any atom is 0.243 e. The van der Waals surface area contributed by atoms with Gasteiger partial charge in [-0.05, 0) is 61.4 Å². The molecular formula is C21H27N3O3. The van der Waals surface area contributed by atoms with Crippen LogP contribution in [0.3, 0.4) is 0 Å². The Kier molecular flexibility index (Phi) is 8.16. The Balaban J connectivity index is 1.77. The van der Waals surface area contributed by atoms with Crippen LogP contribution in [0.4, 0.5) is 17.1 Å². The summed E-state index contributed by atoms with van der Waals surface area (Å²) in [5, 5.41) is 8.71. The molecule has 2 aromatic carbocycles. The summed E-state index contributed by atoms with van der Waals surface area (Å²) >= 11 is 0. The van der Waals surface area contributed by atoms with Gasteiger partial charge in [0, 0.05) is 23.5 Å². The largest absolute Gasteiger partial charge is 0.494 e. The second kappa shape index (κ2) is 10.9. The van der Waals surface area contributed by atoms with Crippen molar-refractivity contribution in [1.29, 1.82) is 0 Å². The van der Waals surface area contributed by atoms with E-state index in [0.717, 1.165) is 30.0 Å². The molecule has 6 heteroatoms. The first-order chi connectivity index (χ1) is 13.1. The Morgan fingerprint density at radius 1 is 0.778 bits per heavy atom. The third kappa shape index (κ3) is 7.40. The highest BCUT2D eigenvalue weighted by atomic mass is 16.5. The molecule has 2 aromatic rings. The highest BCUT2D eigenvalue weighted by Gasteiger charge is 2.04. The molecule has 0 unspecified atom stereocenters. The van der Waals surface area contributed by atoms with Crippen molar-refractivity contribution in [2.24, 2.45) is 0 Å². The summed E-state index contributed by atoms with van der Waals surface area (Å²) in [5.41, 5.74) is 2.25. The van der Waals surface area contributed by atoms with Crippen molar-refractivity contribution in [3.05, 3.63) is 48.5 Å². The van der Waals surface area contributed by atoms with E-state index in [9.17, 15) is 9.59 Å². The lowest BCUT2D eigenvalue weighted by atomic mass is 10.2. The van der Waals surface area contributed by atoms with E-state index in [1.54, 1.807) is 24.3 Å². The Bertz CT molecular complexity index is 727. The number of anilines is 3. The van der Waals surface area contributed by atoms with Crippen LogP contribution in [0, 0.1) is 0 Å². The number of ether oxygens (including phenoxy) is 1. The lowest BCUT2D eigenvalue weighted by Gasteiger charge is -2.10. The van der Waals surface area contributed by atoms with E-state index < -0.39 is 0 Å². The summed E-state index contributed by atoms with van der Waals surface area (Å²) in [7, 11) is 0. The molecule has 2 amide bonds. The van der Waals surface area contributed by atoms with Crippen LogP contribution in [0.15, 0.2) is 48.5 Å². The molecule has 0 saturated heterocycles. The summed E-state index contributed by atoms with van der Waals surface area (Å²) in [6.45, 7) is 4.87. The highest BCUT2D eigenvalue weighted by Crippen LogP contribution is 2.16. The van der Waals surface area contributed by atoms with E-state index in [1.807, 2.05) is 31.2 Å². The van der Waals surface area contributed by atoms with Crippen LogP contribution in [-0.2, 0) is 9.59 Å². The van der Waals surface area contributed by atoms with Crippen LogP contribution < -0.4 is 20.7 Å². The fourth-order valence-corrected chi connectivity index (χ4v) is 2.36. The quantitative estimate of drug-likeness (QED) is 0.584. The van der Waals surface area contributed by atoms with Gasteiger partial charge in [-0.2, -0.15) is 0 Å². The second-order valence-corrected chi connectivity index (χ2v) is 6.15. The number of carbonyl (C=O) groups excluding carboxylic acids is 2. The first kappa shape index (κ1) is 20.3. The molecule has 0 aliphatic heterocycles. The summed E-state index contributed by atoms with van der Waals surface area (Å²) in [4.78, 5) is 23.6. The van der Waals surface area contributed by atoms with E-state index in [0.29, 0.717) is 18.7 Å². The van der Waals surface area contributed by atoms with E-state index in [1.165, 1.54) is 0 Å². The molecule has 0 aliphatic carbocycles. The van der Waals surface area contributed by atoms with Crippen molar-refractivity contribution < 1.29 is 14.3 Å². The van der Waals surface area contributed by atoms with Crippen molar-refractivity contribution in [1.82, 2.24) is 0 Å². The number of hydrogen-bond donors (Lipinski definition) is 3. The topological polar surface area (TPSA) is 79.5 Å². The molecule has 27 heavy (non-hydrogen) atoms. The molecule has 0 heterocycles. The fourth-order valence-electron chi connectivity index (χ4n) is 2.36. The Hall–Kier alpha value is -3.02. The zero-order chi connectivity index (χ0) is 19.5. The van der Waals surface area contributed by atoms with Gasteiger partial charge in [0.05, 0.1) is 13.2 Å². The smallest absolute Gasteiger partial charge is 0.243 e. The van der Waals surface area contributed by atoms with Crippen molar-refractivity contribution in [2.45, 2.75) is 33.1 Å². The van der Waals surface area contributed by atoms with Crippen molar-refractivity contribution >= 4 is 28.9 Å². The zero-order valence-corrected chi connectivity index (χ0v) is 15.9. The van der Waals surface area contributed by atoms with Crippen LogP contribution in [0.25, 0.3) is 0 Å². The summed E-state index contributed by atoms with van der Waals surface area (Å²) < 4.78 is 5.53. The molecule has 0 bridgehead atoms. The summed E-state index contributed by atoms with van der Waals surface area (Å²) in [5.74, 6) is 0.659. The average Bonchev–Trinajstić information content (AvgIpc) is 2.67. The Morgan fingerprint density at radius 2 is 1.33 bits per heavy atom. The maximum absolute atomic E-state index is 12.1. The zero-order valence-electron chi connectivity index (χ0n) is 15.9. The van der Waals surface area contributed by atoms with Crippen LogP contribution in [0.5, 0.6) is 5.75 Å². The number of rotatable bonds is 10. The minimum absolute atomic E-state index is 0.00963. The van der Waals surface area contributed by atoms with Crippen molar-refractivity contribution in [2.75, 3.05) is 29.1 Å². The molecule has 0 fully saturated rings. The first-order valence-corrected chi connectivity index (χ1v) is 9.27. The molecule has 0 aliphatic rings. The lowest BCUT2D eigenvalue weighted by Crippen LogP contribution is -2.21. The van der Waals surface area contributed by atoms with Gasteiger partial charge in [0.2, 0.25) is 11.8 Å². The first-order valence-electron chi connectivity index (χ1n) is 9.27. The molecule has 0 radical (unpaired) electrons. The molecule has 0 atom stereocenters. The summed E-state index contributed by atoms with van der Waals surface area (Å²) in [6.07, 6.45) is 2.27. The lowest BCUT2D eigenvalue weighted by molar-refractivity contribution is -0.116. The van der Waals surface area contributed by atoms with E-state index in [-0.39, 0.29) is 18.4 Å². The monoisotopic (exact) mass is 369 g/mol. The third-order valence-electron chi connectivity index (χ3n) is 3.71. The Labute approximate surface area is 160 Å². The number of benzene rings is 2. The minimum atomic E-state index is -0.149. The Morgan fingerprint density at radius 3 is 1.89 bits per heavy atom. The summed E-state index contributed by atoms with van der Waals surface area (Å²) in [6, 6.07) is 14.6. The van der Waals surface area contributed by atoms with Crippen molar-refractivity contribution in [3.8, 4) is 5.75 Å². The standard InChI is InChI=1S/C21H27N3O3/c1-3-5-20(25)23-17-6-8-18(9-7-17)24-21(26)15-22-16-10-12-19(13-11-16)27-14-4-2/h6-13,22H,3-5,14-15H2,1-2H3,(H,23,25)(H,24,26). The van der Waals surface area contributed by atoms with Crippen LogP contribution in [0.1, 0.15) is 33.1 Å². The SMILES string of the molecule is CCCOc1ccc(NCC(=O)Nc2ccc(NC(=O)CCC)cc2)cc1. The molecule has 0 spiro atoms. The fraction of sp³-hybridized carbons (Fsp3) is 0.333. The number of hydrogen-bond acceptors (Lipinski definition) is 4. The van der Waals surface area contributed by atoms with Gasteiger partial charge in [-0.1, -0.05) is 13.8 Å². The predicted octanol–water partition coefficient (Wildman–Crippen LogP) is 4.26. The van der Waals surface area contributed by atoms with Gasteiger partial charge in [-0.15, -0.1) is 0 Å². The maximum atomic E-state index is 12.1.